The first kappa shape index (κ1) is 28.9. The predicted octanol–water partition coefficient (Wildman–Crippen LogP) is -0.168. The van der Waals surface area contributed by atoms with Crippen LogP contribution in [0.2, 0.25) is 0 Å². The Hall–Kier alpha value is -2.64. The molecule has 2 aromatic carbocycles. The predicted molar refractivity (Wildman–Crippen MR) is 131 cm³/mol. The fourth-order valence-electron chi connectivity index (χ4n) is 4.38. The van der Waals surface area contributed by atoms with Crippen molar-refractivity contribution < 1.29 is 54.7 Å². The maximum Gasteiger partial charge on any atom is 0.229 e. The van der Waals surface area contributed by atoms with Crippen LogP contribution >= 0.6 is 0 Å². The number of aryl methyl sites for hydroxylation is 1. The van der Waals surface area contributed by atoms with Crippen molar-refractivity contribution in [3.05, 3.63) is 47.0 Å². The van der Waals surface area contributed by atoms with Crippen molar-refractivity contribution in [1.29, 1.82) is 0 Å². The summed E-state index contributed by atoms with van der Waals surface area (Å²) in [4.78, 5) is 0. The Morgan fingerprint density at radius 1 is 0.892 bits per heavy atom. The number of hydrogen-bond donors (Lipinski definition) is 7. The van der Waals surface area contributed by atoms with Crippen LogP contribution in [0.3, 0.4) is 0 Å². The summed E-state index contributed by atoms with van der Waals surface area (Å²) < 4.78 is 22.3. The number of rotatable bonds is 12. The SMILES string of the molecule is COc1cc(CC(CO)c2cc(CCCO)cc(OC)c2O[C@@H]2OC(CO)[C@@H](O)C(O)C2O)ccc1O. The van der Waals surface area contributed by atoms with Gasteiger partial charge in [0.15, 0.2) is 23.0 Å². The van der Waals surface area contributed by atoms with E-state index in [9.17, 15) is 35.7 Å². The summed E-state index contributed by atoms with van der Waals surface area (Å²) in [5, 5.41) is 70.0. The fourth-order valence-corrected chi connectivity index (χ4v) is 4.38. The minimum absolute atomic E-state index is 0.0164. The molecule has 0 radical (unpaired) electrons. The third kappa shape index (κ3) is 6.63. The molecule has 1 aliphatic heterocycles. The molecule has 0 aromatic heterocycles. The van der Waals surface area contributed by atoms with Gasteiger partial charge in [0.25, 0.3) is 0 Å². The first-order chi connectivity index (χ1) is 17.8. The molecule has 2 aromatic rings. The van der Waals surface area contributed by atoms with Crippen LogP contribution in [-0.4, -0.2) is 100 Å². The van der Waals surface area contributed by atoms with Gasteiger partial charge < -0.3 is 54.7 Å². The molecule has 1 fully saturated rings. The Labute approximate surface area is 215 Å². The summed E-state index contributed by atoms with van der Waals surface area (Å²) in [6, 6.07) is 8.35. The van der Waals surface area contributed by atoms with E-state index in [2.05, 4.69) is 0 Å². The molecule has 4 unspecified atom stereocenters. The van der Waals surface area contributed by atoms with Crippen LogP contribution in [0.5, 0.6) is 23.0 Å². The highest BCUT2D eigenvalue weighted by Gasteiger charge is 2.45. The summed E-state index contributed by atoms with van der Waals surface area (Å²) in [5.41, 5.74) is 2.08. The minimum Gasteiger partial charge on any atom is -0.504 e. The van der Waals surface area contributed by atoms with Crippen LogP contribution in [0.1, 0.15) is 29.0 Å². The number of aliphatic hydroxyl groups is 6. The summed E-state index contributed by atoms with van der Waals surface area (Å²) in [6.07, 6.45) is -6.12. The normalized spacial score (nSPS) is 24.5. The molecule has 3 rings (SSSR count). The van der Waals surface area contributed by atoms with E-state index in [1.165, 1.54) is 20.3 Å². The number of benzene rings is 2. The number of aliphatic hydroxyl groups excluding tert-OH is 6. The minimum atomic E-state index is -1.64. The van der Waals surface area contributed by atoms with Gasteiger partial charge in [0.05, 0.1) is 27.4 Å². The number of methoxy groups -OCH3 is 2. The quantitative estimate of drug-likeness (QED) is 0.196. The second-order valence-corrected chi connectivity index (χ2v) is 8.95. The number of aromatic hydroxyl groups is 1. The van der Waals surface area contributed by atoms with Crippen LogP contribution in [-0.2, 0) is 17.6 Å². The van der Waals surface area contributed by atoms with Crippen molar-refractivity contribution in [2.75, 3.05) is 34.0 Å². The highest BCUT2D eigenvalue weighted by molar-refractivity contribution is 5.52. The van der Waals surface area contributed by atoms with Gasteiger partial charge in [0.1, 0.15) is 24.4 Å². The van der Waals surface area contributed by atoms with Crippen molar-refractivity contribution in [1.82, 2.24) is 0 Å². The van der Waals surface area contributed by atoms with Crippen LogP contribution in [0.4, 0.5) is 0 Å². The van der Waals surface area contributed by atoms with Gasteiger partial charge in [-0.3, -0.25) is 0 Å². The van der Waals surface area contributed by atoms with Gasteiger partial charge in [0, 0.05) is 18.1 Å². The second-order valence-electron chi connectivity index (χ2n) is 8.95. The summed E-state index contributed by atoms with van der Waals surface area (Å²) in [7, 11) is 2.86. The van der Waals surface area contributed by atoms with Gasteiger partial charge in [-0.05, 0) is 48.6 Å². The molecule has 0 spiro atoms. The summed E-state index contributed by atoms with van der Waals surface area (Å²) in [5.74, 6) is 0.123. The molecule has 6 atom stereocenters. The van der Waals surface area contributed by atoms with Crippen molar-refractivity contribution >= 4 is 0 Å². The lowest BCUT2D eigenvalue weighted by Crippen LogP contribution is -2.60. The molecule has 11 nitrogen and oxygen atoms in total. The van der Waals surface area contributed by atoms with Gasteiger partial charge >= 0.3 is 0 Å². The van der Waals surface area contributed by atoms with Crippen molar-refractivity contribution in [2.24, 2.45) is 0 Å². The lowest BCUT2D eigenvalue weighted by atomic mass is 9.89. The lowest BCUT2D eigenvalue weighted by molar-refractivity contribution is -0.277. The third-order valence-electron chi connectivity index (χ3n) is 6.46. The Morgan fingerprint density at radius 2 is 1.59 bits per heavy atom. The maximum absolute atomic E-state index is 10.5. The van der Waals surface area contributed by atoms with Gasteiger partial charge in [-0.1, -0.05) is 12.1 Å². The molecule has 1 saturated heterocycles. The number of hydrogen-bond acceptors (Lipinski definition) is 11. The van der Waals surface area contributed by atoms with Crippen molar-refractivity contribution in [2.45, 2.75) is 55.9 Å². The largest absolute Gasteiger partial charge is 0.504 e. The standard InChI is InChI=1S/C26H36O11/c1-34-19-10-15(5-6-18(19)30)8-16(12-28)17-9-14(4-3-7-27)11-20(35-2)25(17)37-26-24(33)23(32)22(31)21(13-29)36-26/h5-6,9-11,16,21-24,26-33H,3-4,7-8,12-13H2,1-2H3/t16?,21?,22-,23?,24?,26+/m1/s1. The maximum atomic E-state index is 10.5. The molecule has 1 heterocycles. The molecule has 1 aliphatic rings. The highest BCUT2D eigenvalue weighted by atomic mass is 16.7. The molecule has 7 N–H and O–H groups in total. The van der Waals surface area contributed by atoms with Crippen LogP contribution in [0.15, 0.2) is 30.3 Å². The Bertz CT molecular complexity index is 1010. The first-order valence-corrected chi connectivity index (χ1v) is 12.0. The first-order valence-electron chi connectivity index (χ1n) is 12.0. The third-order valence-corrected chi connectivity index (χ3v) is 6.46. The van der Waals surface area contributed by atoms with Gasteiger partial charge in [-0.15, -0.1) is 0 Å². The molecule has 0 saturated carbocycles. The molecular formula is C26H36O11. The Morgan fingerprint density at radius 3 is 2.22 bits per heavy atom. The second kappa shape index (κ2) is 13.2. The van der Waals surface area contributed by atoms with E-state index < -0.39 is 43.2 Å². The Kier molecular flexibility index (Phi) is 10.4. The Balaban J connectivity index is 2.04. The number of ether oxygens (including phenoxy) is 4. The molecule has 0 amide bonds. The van der Waals surface area contributed by atoms with E-state index in [1.807, 2.05) is 0 Å². The molecule has 0 aliphatic carbocycles. The average molecular weight is 525 g/mol. The lowest BCUT2D eigenvalue weighted by Gasteiger charge is -2.40. The molecule has 37 heavy (non-hydrogen) atoms. The van der Waals surface area contributed by atoms with Crippen LogP contribution in [0.25, 0.3) is 0 Å². The number of phenols is 1. The van der Waals surface area contributed by atoms with Crippen LogP contribution in [0, 0.1) is 0 Å². The van der Waals surface area contributed by atoms with Crippen molar-refractivity contribution in [3.8, 4) is 23.0 Å². The smallest absolute Gasteiger partial charge is 0.229 e. The van der Waals surface area contributed by atoms with E-state index in [4.69, 9.17) is 18.9 Å². The van der Waals surface area contributed by atoms with Crippen molar-refractivity contribution in [3.63, 3.8) is 0 Å². The number of phenolic OH excluding ortho intramolecular Hbond substituents is 1. The van der Waals surface area contributed by atoms with E-state index in [-0.39, 0.29) is 36.2 Å². The molecule has 206 valence electrons. The zero-order chi connectivity index (χ0) is 27.1. The van der Waals surface area contributed by atoms with Crippen LogP contribution < -0.4 is 14.2 Å². The molecule has 11 heteroatoms. The van der Waals surface area contributed by atoms with Gasteiger partial charge in [0.2, 0.25) is 6.29 Å². The molecular weight excluding hydrogens is 488 g/mol. The topological polar surface area (TPSA) is 179 Å². The fraction of sp³-hybridized carbons (Fsp3) is 0.538. The van der Waals surface area contributed by atoms with E-state index in [0.717, 1.165) is 11.1 Å². The zero-order valence-electron chi connectivity index (χ0n) is 20.9. The zero-order valence-corrected chi connectivity index (χ0v) is 20.9. The summed E-state index contributed by atoms with van der Waals surface area (Å²) in [6.45, 7) is -0.935. The van der Waals surface area contributed by atoms with Gasteiger partial charge in [-0.25, -0.2) is 0 Å². The summed E-state index contributed by atoms with van der Waals surface area (Å²) >= 11 is 0. The van der Waals surface area contributed by atoms with Gasteiger partial charge in [-0.2, -0.15) is 0 Å². The van der Waals surface area contributed by atoms with E-state index in [1.54, 1.807) is 24.3 Å². The molecule has 0 bridgehead atoms. The monoisotopic (exact) mass is 524 g/mol. The van der Waals surface area contributed by atoms with E-state index >= 15 is 0 Å². The average Bonchev–Trinajstić information content (AvgIpc) is 2.91. The van der Waals surface area contributed by atoms with E-state index in [0.29, 0.717) is 24.8 Å². The highest BCUT2D eigenvalue weighted by Crippen LogP contribution is 2.41.